The predicted molar refractivity (Wildman–Crippen MR) is 136 cm³/mol. The molecule has 0 aromatic heterocycles. The lowest BCUT2D eigenvalue weighted by molar-refractivity contribution is -0.132. The van der Waals surface area contributed by atoms with Crippen molar-refractivity contribution in [1.82, 2.24) is 0 Å². The number of hydrogen-bond donors (Lipinski definition) is 1. The lowest BCUT2D eigenvalue weighted by atomic mass is 9.94. The molecule has 180 valence electrons. The lowest BCUT2D eigenvalue weighted by Gasteiger charge is -2.26. The molecule has 1 unspecified atom stereocenters. The number of rotatable bonds is 6. The van der Waals surface area contributed by atoms with Crippen molar-refractivity contribution in [2.75, 3.05) is 18.6 Å². The maximum absolute atomic E-state index is 13.4. The fraction of sp³-hybridized carbons (Fsp3) is 0.241. The summed E-state index contributed by atoms with van der Waals surface area (Å²) in [6.07, 6.45) is 0. The van der Waals surface area contributed by atoms with E-state index in [-0.39, 0.29) is 11.3 Å². The summed E-state index contributed by atoms with van der Waals surface area (Å²) in [6, 6.07) is 17.3. The zero-order chi connectivity index (χ0) is 25.3. The fourth-order valence-corrected chi connectivity index (χ4v) is 4.37. The molecule has 0 bridgehead atoms. The summed E-state index contributed by atoms with van der Waals surface area (Å²) >= 11 is 0. The molecule has 3 aromatic carbocycles. The summed E-state index contributed by atoms with van der Waals surface area (Å²) in [5, 5.41) is 11.4. The van der Waals surface area contributed by atoms with Crippen LogP contribution in [-0.4, -0.2) is 30.5 Å². The van der Waals surface area contributed by atoms with Gasteiger partial charge in [0.05, 0.1) is 25.3 Å². The van der Waals surface area contributed by atoms with Crippen LogP contribution in [0.5, 0.6) is 11.5 Å². The van der Waals surface area contributed by atoms with Gasteiger partial charge in [0.2, 0.25) is 0 Å². The monoisotopic (exact) mass is 471 g/mol. The zero-order valence-corrected chi connectivity index (χ0v) is 20.6. The number of benzene rings is 3. The molecule has 1 heterocycles. The summed E-state index contributed by atoms with van der Waals surface area (Å²) in [6.45, 7) is 8.17. The third-order valence-corrected chi connectivity index (χ3v) is 6.31. The summed E-state index contributed by atoms with van der Waals surface area (Å²) < 4.78 is 11.2. The molecular weight excluding hydrogens is 442 g/mol. The van der Waals surface area contributed by atoms with Crippen molar-refractivity contribution in [3.8, 4) is 11.5 Å². The van der Waals surface area contributed by atoms with Gasteiger partial charge in [-0.25, -0.2) is 0 Å². The first-order valence-electron chi connectivity index (χ1n) is 11.5. The molecule has 1 amide bonds. The van der Waals surface area contributed by atoms with Gasteiger partial charge < -0.3 is 14.6 Å². The number of anilines is 1. The number of aliphatic hydroxyl groups excluding tert-OH is 1. The Morgan fingerprint density at radius 3 is 2.37 bits per heavy atom. The fourth-order valence-electron chi connectivity index (χ4n) is 4.37. The Labute approximate surface area is 205 Å². The quantitative estimate of drug-likeness (QED) is 0.286. The van der Waals surface area contributed by atoms with E-state index >= 15 is 0 Å². The maximum Gasteiger partial charge on any atom is 0.300 e. The van der Waals surface area contributed by atoms with Gasteiger partial charge in [-0.2, -0.15) is 0 Å². The van der Waals surface area contributed by atoms with E-state index in [9.17, 15) is 14.7 Å². The van der Waals surface area contributed by atoms with Crippen LogP contribution in [0, 0.1) is 20.8 Å². The highest BCUT2D eigenvalue weighted by atomic mass is 16.5. The van der Waals surface area contributed by atoms with Crippen LogP contribution in [0.2, 0.25) is 0 Å². The molecule has 4 rings (SSSR count). The first-order chi connectivity index (χ1) is 16.8. The highest BCUT2D eigenvalue weighted by Crippen LogP contribution is 2.44. The molecule has 1 aliphatic heterocycles. The largest absolute Gasteiger partial charge is 0.507 e. The molecular formula is C29H29NO5. The maximum atomic E-state index is 13.4. The van der Waals surface area contributed by atoms with E-state index in [2.05, 4.69) is 0 Å². The molecule has 0 aliphatic carbocycles. The number of amides is 1. The smallest absolute Gasteiger partial charge is 0.300 e. The Morgan fingerprint density at radius 2 is 1.71 bits per heavy atom. The van der Waals surface area contributed by atoms with Crippen molar-refractivity contribution in [3.05, 3.63) is 94.1 Å². The Morgan fingerprint density at radius 1 is 0.943 bits per heavy atom. The third-order valence-electron chi connectivity index (χ3n) is 6.31. The normalized spacial score (nSPS) is 17.1. The van der Waals surface area contributed by atoms with Gasteiger partial charge >= 0.3 is 0 Å². The van der Waals surface area contributed by atoms with Crippen LogP contribution in [-0.2, 0) is 9.59 Å². The van der Waals surface area contributed by atoms with Gasteiger partial charge in [-0.15, -0.1) is 0 Å². The summed E-state index contributed by atoms with van der Waals surface area (Å²) in [5.74, 6) is -0.607. The first kappa shape index (κ1) is 24.1. The Hall–Kier alpha value is -4.06. The van der Waals surface area contributed by atoms with Crippen molar-refractivity contribution in [3.63, 3.8) is 0 Å². The standard InChI is InChI=1S/C29H29NO5/c1-6-35-23-13-12-20(16-24(23)34-5)26-25(27(31)21-11-10-18(3)19(4)15-21)28(32)29(33)30(26)22-9-7-8-17(2)14-22/h7-16,26,31H,6H2,1-5H3/b27-25-. The van der Waals surface area contributed by atoms with Crippen LogP contribution >= 0.6 is 0 Å². The number of methoxy groups -OCH3 is 1. The zero-order valence-electron chi connectivity index (χ0n) is 20.6. The predicted octanol–water partition coefficient (Wildman–Crippen LogP) is 5.65. The molecule has 3 aromatic rings. The van der Waals surface area contributed by atoms with Crippen molar-refractivity contribution >= 4 is 23.1 Å². The summed E-state index contributed by atoms with van der Waals surface area (Å²) in [4.78, 5) is 28.2. The Kier molecular flexibility index (Phi) is 6.65. The van der Waals surface area contributed by atoms with Crippen molar-refractivity contribution in [2.24, 2.45) is 0 Å². The van der Waals surface area contributed by atoms with Gasteiger partial charge in [-0.1, -0.05) is 30.3 Å². The minimum Gasteiger partial charge on any atom is -0.507 e. The number of nitrogens with zero attached hydrogens (tertiary/aromatic N) is 1. The average molecular weight is 472 g/mol. The first-order valence-corrected chi connectivity index (χ1v) is 11.5. The van der Waals surface area contributed by atoms with E-state index in [1.165, 1.54) is 12.0 Å². The second kappa shape index (κ2) is 9.66. The van der Waals surface area contributed by atoms with Gasteiger partial charge in [0.15, 0.2) is 11.5 Å². The van der Waals surface area contributed by atoms with Gasteiger partial charge in [0.1, 0.15) is 5.76 Å². The molecule has 1 fully saturated rings. The van der Waals surface area contributed by atoms with Crippen molar-refractivity contribution in [1.29, 1.82) is 0 Å². The molecule has 1 aliphatic rings. The highest BCUT2D eigenvalue weighted by Gasteiger charge is 2.47. The van der Waals surface area contributed by atoms with Crippen molar-refractivity contribution < 1.29 is 24.2 Å². The average Bonchev–Trinajstić information content (AvgIpc) is 3.11. The van der Waals surface area contributed by atoms with E-state index in [4.69, 9.17) is 9.47 Å². The minimum atomic E-state index is -0.844. The number of aliphatic hydroxyl groups is 1. The molecule has 6 nitrogen and oxygen atoms in total. The van der Waals surface area contributed by atoms with E-state index < -0.39 is 17.7 Å². The minimum absolute atomic E-state index is 0.0333. The van der Waals surface area contributed by atoms with E-state index in [0.717, 1.165) is 16.7 Å². The number of ether oxygens (including phenoxy) is 2. The molecule has 0 spiro atoms. The third kappa shape index (κ3) is 4.39. The van der Waals surface area contributed by atoms with Gasteiger partial charge in [-0.3, -0.25) is 14.5 Å². The topological polar surface area (TPSA) is 76.1 Å². The van der Waals surface area contributed by atoms with E-state index in [1.54, 1.807) is 30.3 Å². The van der Waals surface area contributed by atoms with Crippen LogP contribution in [0.3, 0.4) is 0 Å². The number of carbonyl (C=O) groups is 2. The molecule has 0 radical (unpaired) electrons. The summed E-state index contributed by atoms with van der Waals surface area (Å²) in [5.41, 5.74) is 4.70. The number of aryl methyl sites for hydroxylation is 3. The number of ketones is 1. The van der Waals surface area contributed by atoms with Gasteiger partial charge in [0, 0.05) is 11.3 Å². The van der Waals surface area contributed by atoms with Crippen LogP contribution in [0.4, 0.5) is 5.69 Å². The van der Waals surface area contributed by atoms with Crippen LogP contribution in [0.25, 0.3) is 5.76 Å². The number of carbonyl (C=O) groups excluding carboxylic acids is 2. The van der Waals surface area contributed by atoms with Gasteiger partial charge in [0.25, 0.3) is 11.7 Å². The number of Topliss-reactive ketones (excluding diaryl/α,β-unsaturated/α-hetero) is 1. The molecule has 1 saturated heterocycles. The van der Waals surface area contributed by atoms with Crippen molar-refractivity contribution in [2.45, 2.75) is 33.7 Å². The molecule has 1 N–H and O–H groups in total. The second-order valence-corrected chi connectivity index (χ2v) is 8.65. The Bertz CT molecular complexity index is 1340. The molecule has 35 heavy (non-hydrogen) atoms. The lowest BCUT2D eigenvalue weighted by Crippen LogP contribution is -2.29. The summed E-state index contributed by atoms with van der Waals surface area (Å²) in [7, 11) is 1.54. The Balaban J connectivity index is 1.97. The molecule has 1 atom stereocenters. The van der Waals surface area contributed by atoms with Crippen LogP contribution in [0.15, 0.2) is 66.2 Å². The van der Waals surface area contributed by atoms with E-state index in [0.29, 0.717) is 34.9 Å². The second-order valence-electron chi connectivity index (χ2n) is 8.65. The highest BCUT2D eigenvalue weighted by molar-refractivity contribution is 6.51. The SMILES string of the molecule is CCOc1ccc(C2/C(=C(/O)c3ccc(C)c(C)c3)C(=O)C(=O)N2c2cccc(C)c2)cc1OC. The number of hydrogen-bond acceptors (Lipinski definition) is 5. The van der Waals surface area contributed by atoms with Crippen LogP contribution in [0.1, 0.15) is 40.8 Å². The van der Waals surface area contributed by atoms with Gasteiger partial charge in [-0.05, 0) is 80.3 Å². The van der Waals surface area contributed by atoms with Crippen LogP contribution < -0.4 is 14.4 Å². The van der Waals surface area contributed by atoms with E-state index in [1.807, 2.05) is 58.0 Å². The molecule has 0 saturated carbocycles. The molecule has 6 heteroatoms.